The number of halogens is 6. The van der Waals surface area contributed by atoms with Gasteiger partial charge in [-0.2, -0.15) is 30.6 Å². The van der Waals surface area contributed by atoms with Gasteiger partial charge >= 0.3 is 35.7 Å². The van der Waals surface area contributed by atoms with E-state index in [1.807, 2.05) is 0 Å². The van der Waals surface area contributed by atoms with Crippen LogP contribution >= 0.6 is 0 Å². The molecule has 0 N–H and O–H groups in total. The summed E-state index contributed by atoms with van der Waals surface area (Å²) < 4.78 is 104. The second-order valence-corrected chi connectivity index (χ2v) is 5.27. The highest BCUT2D eigenvalue weighted by Crippen LogP contribution is 2.30. The molecule has 154 valence electrons. The lowest BCUT2D eigenvalue weighted by Crippen LogP contribution is -2.39. The Labute approximate surface area is 146 Å². The van der Waals surface area contributed by atoms with Gasteiger partial charge in [0.15, 0.2) is 12.2 Å². The van der Waals surface area contributed by atoms with Crippen LogP contribution in [0.15, 0.2) is 0 Å². The lowest BCUT2D eigenvalue weighted by molar-refractivity contribution is -0.211. The Balaban J connectivity index is 5.03. The van der Waals surface area contributed by atoms with Crippen LogP contribution in [0.5, 0.6) is 0 Å². The largest absolute Gasteiger partial charge is 0.466 e. The zero-order valence-corrected chi connectivity index (χ0v) is 14.3. The summed E-state index contributed by atoms with van der Waals surface area (Å²) in [7, 11) is 0. The third kappa shape index (κ3) is 9.91. The Morgan fingerprint density at radius 1 is 0.808 bits per heavy atom. The van der Waals surface area contributed by atoms with Crippen molar-refractivity contribution in [2.24, 2.45) is 0 Å². The molecule has 0 heterocycles. The second-order valence-electron chi connectivity index (χ2n) is 4.48. The molecule has 0 aliphatic heterocycles. The summed E-state index contributed by atoms with van der Waals surface area (Å²) in [5.74, 6) is -2.74. The molecule has 0 saturated heterocycles. The summed E-state index contributed by atoms with van der Waals surface area (Å²) in [6.07, 6.45) is -19.4. The lowest BCUT2D eigenvalue weighted by Gasteiger charge is -2.22. The normalized spacial score (nSPS) is 15.8. The third-order valence-corrected chi connectivity index (χ3v) is 3.21. The van der Waals surface area contributed by atoms with Crippen LogP contribution in [0.1, 0.15) is 26.7 Å². The predicted molar refractivity (Wildman–Crippen MR) is 72.5 cm³/mol. The summed E-state index contributed by atoms with van der Waals surface area (Å²) >= 11 is -3.57. The van der Waals surface area contributed by atoms with E-state index in [9.17, 15) is 40.1 Å². The third-order valence-electron chi connectivity index (χ3n) is 2.43. The van der Waals surface area contributed by atoms with Gasteiger partial charge in [-0.1, -0.05) is 0 Å². The van der Waals surface area contributed by atoms with Crippen molar-refractivity contribution >= 4 is 23.3 Å². The summed E-state index contributed by atoms with van der Waals surface area (Å²) in [6, 6.07) is 0. The molecule has 26 heavy (non-hydrogen) atoms. The lowest BCUT2D eigenvalue weighted by atomic mass is 10.2. The molecule has 0 aromatic rings. The van der Waals surface area contributed by atoms with Crippen molar-refractivity contribution in [2.45, 2.75) is 51.2 Å². The molecule has 2 unspecified atom stereocenters. The van der Waals surface area contributed by atoms with Gasteiger partial charge < -0.3 is 9.47 Å². The van der Waals surface area contributed by atoms with E-state index in [0.717, 1.165) is 0 Å². The van der Waals surface area contributed by atoms with Crippen LogP contribution in [0.3, 0.4) is 0 Å². The number of carbonyl (C=O) groups excluding carboxylic acids is 2. The van der Waals surface area contributed by atoms with Gasteiger partial charge in [0.05, 0.1) is 26.1 Å². The van der Waals surface area contributed by atoms with Gasteiger partial charge in [-0.05, 0) is 13.8 Å². The predicted octanol–water partition coefficient (Wildman–Crippen LogP) is 2.37. The van der Waals surface area contributed by atoms with Crippen LogP contribution in [0.25, 0.3) is 0 Å². The minimum absolute atomic E-state index is 0.251. The standard InChI is InChI=1S/C12H16F6O7S/c1-3-22-9(19)5-7(11(13,14)15)24-26(21)25-8(12(16,17)18)6-10(20)23-4-2/h7-8H,3-6H2,1-2H3. The minimum Gasteiger partial charge on any atom is -0.466 e. The summed E-state index contributed by atoms with van der Waals surface area (Å²) in [6.45, 7) is 2.12. The Morgan fingerprint density at radius 2 is 1.12 bits per heavy atom. The van der Waals surface area contributed by atoms with Gasteiger partial charge in [0.25, 0.3) is 0 Å². The molecule has 0 spiro atoms. The number of rotatable bonds is 10. The first-order chi connectivity index (χ1) is 11.8. The molecular weight excluding hydrogens is 402 g/mol. The molecule has 0 aliphatic carbocycles. The van der Waals surface area contributed by atoms with Crippen LogP contribution in [0.4, 0.5) is 26.3 Å². The maximum Gasteiger partial charge on any atom is 0.416 e. The molecule has 0 aliphatic rings. The first-order valence-corrected chi connectivity index (χ1v) is 8.01. The quantitative estimate of drug-likeness (QED) is 0.398. The van der Waals surface area contributed by atoms with E-state index >= 15 is 0 Å². The number of ether oxygens (including phenoxy) is 2. The van der Waals surface area contributed by atoms with Crippen LogP contribution in [0.2, 0.25) is 0 Å². The van der Waals surface area contributed by atoms with Crippen molar-refractivity contribution in [2.75, 3.05) is 13.2 Å². The Bertz CT molecular complexity index is 451. The molecule has 0 radical (unpaired) electrons. The van der Waals surface area contributed by atoms with Crippen molar-refractivity contribution < 1.29 is 58.0 Å². The highest BCUT2D eigenvalue weighted by molar-refractivity contribution is 7.75. The van der Waals surface area contributed by atoms with Crippen molar-refractivity contribution in [3.8, 4) is 0 Å². The number of esters is 2. The zero-order chi connectivity index (χ0) is 20.5. The maximum absolute atomic E-state index is 12.7. The van der Waals surface area contributed by atoms with Gasteiger partial charge in [-0.3, -0.25) is 18.0 Å². The average Bonchev–Trinajstić information content (AvgIpc) is 2.44. The van der Waals surface area contributed by atoms with Gasteiger partial charge in [0.1, 0.15) is 0 Å². The Morgan fingerprint density at radius 3 is 1.35 bits per heavy atom. The number of carbonyl (C=O) groups is 2. The molecule has 0 aromatic carbocycles. The van der Waals surface area contributed by atoms with E-state index in [0.29, 0.717) is 0 Å². The molecule has 14 heteroatoms. The maximum atomic E-state index is 12.7. The van der Waals surface area contributed by atoms with Gasteiger partial charge in [0, 0.05) is 0 Å². The molecule has 0 amide bonds. The van der Waals surface area contributed by atoms with Gasteiger partial charge in [0.2, 0.25) is 0 Å². The zero-order valence-electron chi connectivity index (χ0n) is 13.5. The van der Waals surface area contributed by atoms with Crippen LogP contribution in [0, 0.1) is 0 Å². The fourth-order valence-electron chi connectivity index (χ4n) is 1.36. The first-order valence-electron chi connectivity index (χ1n) is 7.01. The van der Waals surface area contributed by atoms with Gasteiger partial charge in [-0.15, -0.1) is 0 Å². The van der Waals surface area contributed by atoms with Crippen molar-refractivity contribution in [3.63, 3.8) is 0 Å². The molecule has 0 saturated carbocycles. The van der Waals surface area contributed by atoms with E-state index in [1.54, 1.807) is 0 Å². The summed E-state index contributed by atoms with van der Waals surface area (Å²) in [4.78, 5) is 22.2. The van der Waals surface area contributed by atoms with E-state index in [-0.39, 0.29) is 13.2 Å². The molecular formula is C12H16F6O7S. The van der Waals surface area contributed by atoms with E-state index in [2.05, 4.69) is 17.8 Å². The summed E-state index contributed by atoms with van der Waals surface area (Å²) in [5, 5.41) is 0. The van der Waals surface area contributed by atoms with E-state index in [4.69, 9.17) is 0 Å². The Kier molecular flexibility index (Phi) is 10.1. The number of hydrogen-bond donors (Lipinski definition) is 0. The van der Waals surface area contributed by atoms with Crippen molar-refractivity contribution in [1.29, 1.82) is 0 Å². The SMILES string of the molecule is CCOC(=O)CC(OS(=O)OC(CC(=O)OCC)C(F)(F)F)C(F)(F)F. The van der Waals surface area contributed by atoms with Crippen molar-refractivity contribution in [1.82, 2.24) is 0 Å². The fourth-order valence-corrected chi connectivity index (χ4v) is 2.14. The van der Waals surface area contributed by atoms with E-state index in [1.165, 1.54) is 13.8 Å². The van der Waals surface area contributed by atoms with E-state index < -0.39 is 60.7 Å². The monoisotopic (exact) mass is 418 g/mol. The van der Waals surface area contributed by atoms with Crippen LogP contribution in [-0.4, -0.2) is 53.9 Å². The smallest absolute Gasteiger partial charge is 0.416 e. The van der Waals surface area contributed by atoms with Crippen LogP contribution < -0.4 is 0 Å². The minimum atomic E-state index is -5.24. The second kappa shape index (κ2) is 10.7. The Hall–Kier alpha value is -1.41. The highest BCUT2D eigenvalue weighted by atomic mass is 32.2. The highest BCUT2D eigenvalue weighted by Gasteiger charge is 2.47. The van der Waals surface area contributed by atoms with Gasteiger partial charge in [-0.25, -0.2) is 0 Å². The van der Waals surface area contributed by atoms with Crippen LogP contribution in [-0.2, 0) is 38.8 Å². The molecule has 7 nitrogen and oxygen atoms in total. The average molecular weight is 418 g/mol. The molecule has 2 atom stereocenters. The fraction of sp³-hybridized carbons (Fsp3) is 0.833. The number of alkyl halides is 6. The molecule has 0 rings (SSSR count). The topological polar surface area (TPSA) is 88.1 Å². The first kappa shape index (κ1) is 24.6. The molecule has 0 bridgehead atoms. The summed E-state index contributed by atoms with van der Waals surface area (Å²) in [5.41, 5.74) is 0. The van der Waals surface area contributed by atoms with Crippen molar-refractivity contribution in [3.05, 3.63) is 0 Å². The molecule has 0 fully saturated rings. The number of hydrogen-bond acceptors (Lipinski definition) is 7. The molecule has 0 aromatic heterocycles.